The van der Waals surface area contributed by atoms with Crippen molar-refractivity contribution in [3.63, 3.8) is 0 Å². The average Bonchev–Trinajstić information content (AvgIpc) is 2.95. The van der Waals surface area contributed by atoms with E-state index in [-0.39, 0.29) is 6.04 Å². The first kappa shape index (κ1) is 14.2. The fraction of sp³-hybridized carbons (Fsp3) is 0.333. The third kappa shape index (κ3) is 3.69. The number of benzene rings is 2. The second-order valence-corrected chi connectivity index (χ2v) is 5.62. The minimum absolute atomic E-state index is 0.0505. The number of hydrogen-bond donors (Lipinski definition) is 1. The summed E-state index contributed by atoms with van der Waals surface area (Å²) in [5.74, 6) is 0. The highest BCUT2D eigenvalue weighted by molar-refractivity contribution is 5.17. The van der Waals surface area contributed by atoms with E-state index in [0.29, 0.717) is 6.54 Å². The number of nitrogens with zero attached hydrogens (tertiary/aromatic N) is 1. The SMILES string of the molecule is FC1CNCC1N(Cc1ccccc1)Cc1ccccc1. The Hall–Kier alpha value is -1.71. The van der Waals surface area contributed by atoms with Gasteiger partial charge in [-0.05, 0) is 11.1 Å². The smallest absolute Gasteiger partial charge is 0.129 e. The Balaban J connectivity index is 1.77. The van der Waals surface area contributed by atoms with Crippen molar-refractivity contribution in [1.82, 2.24) is 10.2 Å². The van der Waals surface area contributed by atoms with Gasteiger partial charge in [0, 0.05) is 26.2 Å². The highest BCUT2D eigenvalue weighted by atomic mass is 19.1. The lowest BCUT2D eigenvalue weighted by Crippen LogP contribution is -2.40. The zero-order valence-corrected chi connectivity index (χ0v) is 12.1. The van der Waals surface area contributed by atoms with E-state index in [0.717, 1.165) is 19.6 Å². The Bertz CT molecular complexity index is 502. The third-order valence-electron chi connectivity index (χ3n) is 4.04. The second-order valence-electron chi connectivity index (χ2n) is 5.62. The molecule has 0 radical (unpaired) electrons. The van der Waals surface area contributed by atoms with E-state index < -0.39 is 6.17 Å². The van der Waals surface area contributed by atoms with E-state index in [1.165, 1.54) is 11.1 Å². The van der Waals surface area contributed by atoms with Crippen LogP contribution in [0.25, 0.3) is 0 Å². The standard InChI is InChI=1S/C18H21FN2/c19-17-11-20-12-18(17)21(13-15-7-3-1-4-8-15)14-16-9-5-2-6-10-16/h1-10,17-18,20H,11-14H2. The molecule has 1 heterocycles. The van der Waals surface area contributed by atoms with E-state index in [1.54, 1.807) is 0 Å². The molecule has 0 amide bonds. The Morgan fingerprint density at radius 2 is 1.38 bits per heavy atom. The fourth-order valence-electron chi connectivity index (χ4n) is 2.92. The zero-order chi connectivity index (χ0) is 14.5. The molecular formula is C18H21FN2. The summed E-state index contributed by atoms with van der Waals surface area (Å²) >= 11 is 0. The van der Waals surface area contributed by atoms with Crippen LogP contribution in [-0.4, -0.2) is 30.2 Å². The van der Waals surface area contributed by atoms with Crippen LogP contribution in [0.5, 0.6) is 0 Å². The molecule has 1 fully saturated rings. The molecule has 1 aliphatic heterocycles. The first-order valence-electron chi connectivity index (χ1n) is 7.49. The van der Waals surface area contributed by atoms with E-state index in [2.05, 4.69) is 34.5 Å². The van der Waals surface area contributed by atoms with Gasteiger partial charge >= 0.3 is 0 Å². The van der Waals surface area contributed by atoms with Gasteiger partial charge in [-0.25, -0.2) is 4.39 Å². The summed E-state index contributed by atoms with van der Waals surface area (Å²) in [6.45, 7) is 2.75. The van der Waals surface area contributed by atoms with Gasteiger partial charge in [0.2, 0.25) is 0 Å². The molecule has 2 atom stereocenters. The van der Waals surface area contributed by atoms with E-state index >= 15 is 0 Å². The minimum atomic E-state index is -0.794. The molecule has 0 bridgehead atoms. The molecule has 1 N–H and O–H groups in total. The van der Waals surface area contributed by atoms with E-state index in [1.807, 2.05) is 36.4 Å². The minimum Gasteiger partial charge on any atom is -0.312 e. The normalized spacial score (nSPS) is 21.8. The van der Waals surface area contributed by atoms with Crippen LogP contribution in [0.1, 0.15) is 11.1 Å². The number of rotatable bonds is 5. The maximum absolute atomic E-state index is 14.1. The van der Waals surface area contributed by atoms with Crippen molar-refractivity contribution < 1.29 is 4.39 Å². The summed E-state index contributed by atoms with van der Waals surface area (Å²) < 4.78 is 14.1. The maximum Gasteiger partial charge on any atom is 0.129 e. The third-order valence-corrected chi connectivity index (χ3v) is 4.04. The molecule has 110 valence electrons. The second kappa shape index (κ2) is 6.83. The summed E-state index contributed by atoms with van der Waals surface area (Å²) in [5, 5.41) is 3.16. The fourth-order valence-corrected chi connectivity index (χ4v) is 2.92. The first-order chi connectivity index (χ1) is 10.3. The van der Waals surface area contributed by atoms with Crippen LogP contribution < -0.4 is 5.32 Å². The molecular weight excluding hydrogens is 263 g/mol. The van der Waals surface area contributed by atoms with Crippen LogP contribution in [0.4, 0.5) is 4.39 Å². The summed E-state index contributed by atoms with van der Waals surface area (Å²) in [4.78, 5) is 2.25. The Morgan fingerprint density at radius 1 is 0.857 bits per heavy atom. The molecule has 1 saturated heterocycles. The van der Waals surface area contributed by atoms with E-state index in [9.17, 15) is 4.39 Å². The van der Waals surface area contributed by atoms with E-state index in [4.69, 9.17) is 0 Å². The molecule has 0 saturated carbocycles. The number of halogens is 1. The van der Waals surface area contributed by atoms with Crippen LogP contribution in [0, 0.1) is 0 Å². The summed E-state index contributed by atoms with van der Waals surface area (Å²) in [5.41, 5.74) is 2.46. The Kier molecular flexibility index (Phi) is 4.63. The molecule has 2 nitrogen and oxygen atoms in total. The maximum atomic E-state index is 14.1. The molecule has 2 aromatic rings. The lowest BCUT2D eigenvalue weighted by molar-refractivity contribution is 0.129. The van der Waals surface area contributed by atoms with Crippen molar-refractivity contribution in [2.24, 2.45) is 0 Å². The molecule has 1 aliphatic rings. The van der Waals surface area contributed by atoms with Gasteiger partial charge in [-0.3, -0.25) is 4.90 Å². The van der Waals surface area contributed by atoms with Crippen molar-refractivity contribution in [3.05, 3.63) is 71.8 Å². The lowest BCUT2D eigenvalue weighted by Gasteiger charge is -2.30. The molecule has 0 spiro atoms. The van der Waals surface area contributed by atoms with Gasteiger partial charge in [-0.1, -0.05) is 60.7 Å². The topological polar surface area (TPSA) is 15.3 Å². The Labute approximate surface area is 125 Å². The van der Waals surface area contributed by atoms with Gasteiger partial charge in [0.25, 0.3) is 0 Å². The number of nitrogens with one attached hydrogen (secondary N) is 1. The summed E-state index contributed by atoms with van der Waals surface area (Å²) in [6.07, 6.45) is -0.794. The van der Waals surface area contributed by atoms with Gasteiger partial charge < -0.3 is 5.32 Å². The number of hydrogen-bond acceptors (Lipinski definition) is 2. The lowest BCUT2D eigenvalue weighted by atomic mass is 10.1. The molecule has 0 aromatic heterocycles. The van der Waals surface area contributed by atoms with Gasteiger partial charge in [-0.2, -0.15) is 0 Å². The predicted molar refractivity (Wildman–Crippen MR) is 83.7 cm³/mol. The molecule has 3 heteroatoms. The van der Waals surface area contributed by atoms with Gasteiger partial charge in [-0.15, -0.1) is 0 Å². The zero-order valence-electron chi connectivity index (χ0n) is 12.1. The van der Waals surface area contributed by atoms with Crippen molar-refractivity contribution in [3.8, 4) is 0 Å². The van der Waals surface area contributed by atoms with Crippen LogP contribution in [-0.2, 0) is 13.1 Å². The van der Waals surface area contributed by atoms with Gasteiger partial charge in [0.05, 0.1) is 6.04 Å². The van der Waals surface area contributed by atoms with Crippen LogP contribution in [0.15, 0.2) is 60.7 Å². The summed E-state index contributed by atoms with van der Waals surface area (Å²) in [6, 6.07) is 20.5. The highest BCUT2D eigenvalue weighted by Crippen LogP contribution is 2.19. The van der Waals surface area contributed by atoms with Gasteiger partial charge in [0.15, 0.2) is 0 Å². The quantitative estimate of drug-likeness (QED) is 0.908. The summed E-state index contributed by atoms with van der Waals surface area (Å²) in [7, 11) is 0. The molecule has 2 unspecified atom stereocenters. The predicted octanol–water partition coefficient (Wildman–Crippen LogP) is 3.00. The molecule has 3 rings (SSSR count). The molecule has 2 aromatic carbocycles. The monoisotopic (exact) mass is 284 g/mol. The van der Waals surface area contributed by atoms with Crippen molar-refractivity contribution in [2.75, 3.05) is 13.1 Å². The molecule has 0 aliphatic carbocycles. The number of alkyl halides is 1. The van der Waals surface area contributed by atoms with Crippen LogP contribution in [0.2, 0.25) is 0 Å². The van der Waals surface area contributed by atoms with Crippen molar-refractivity contribution in [1.29, 1.82) is 0 Å². The highest BCUT2D eigenvalue weighted by Gasteiger charge is 2.31. The van der Waals surface area contributed by atoms with Crippen LogP contribution in [0.3, 0.4) is 0 Å². The molecule has 21 heavy (non-hydrogen) atoms. The van der Waals surface area contributed by atoms with Gasteiger partial charge in [0.1, 0.15) is 6.17 Å². The van der Waals surface area contributed by atoms with Crippen molar-refractivity contribution >= 4 is 0 Å². The Morgan fingerprint density at radius 3 is 1.81 bits per heavy atom. The van der Waals surface area contributed by atoms with Crippen molar-refractivity contribution in [2.45, 2.75) is 25.3 Å². The average molecular weight is 284 g/mol. The van der Waals surface area contributed by atoms with Crippen LogP contribution >= 0.6 is 0 Å². The first-order valence-corrected chi connectivity index (χ1v) is 7.49. The largest absolute Gasteiger partial charge is 0.312 e.